The SMILES string of the molecule is O=C(O)c1ccn(-c2cc(-c3ccncc3)nc(-c3cccnc3)n2)n1. The van der Waals surface area contributed by atoms with Gasteiger partial charge in [0.1, 0.15) is 0 Å². The molecular formula is C18H12N6O2. The van der Waals surface area contributed by atoms with Crippen LogP contribution in [-0.2, 0) is 0 Å². The summed E-state index contributed by atoms with van der Waals surface area (Å²) in [6, 6.07) is 10.5. The summed E-state index contributed by atoms with van der Waals surface area (Å²) in [6.45, 7) is 0. The molecule has 0 bridgehead atoms. The third-order valence-corrected chi connectivity index (χ3v) is 3.65. The second-order valence-electron chi connectivity index (χ2n) is 5.36. The monoisotopic (exact) mass is 344 g/mol. The first-order chi connectivity index (χ1) is 12.7. The van der Waals surface area contributed by atoms with Crippen molar-refractivity contribution in [3.05, 3.63) is 73.1 Å². The molecule has 4 aromatic heterocycles. The molecule has 0 aromatic carbocycles. The van der Waals surface area contributed by atoms with Crippen LogP contribution >= 0.6 is 0 Å². The van der Waals surface area contributed by atoms with Crippen LogP contribution in [0.1, 0.15) is 10.5 Å². The summed E-state index contributed by atoms with van der Waals surface area (Å²) in [4.78, 5) is 28.3. The molecule has 0 fully saturated rings. The number of aromatic nitrogens is 6. The smallest absolute Gasteiger partial charge is 0.356 e. The number of carboxylic acids is 1. The minimum absolute atomic E-state index is 0.0583. The average Bonchev–Trinajstić information content (AvgIpc) is 3.20. The molecule has 0 radical (unpaired) electrons. The zero-order valence-corrected chi connectivity index (χ0v) is 13.4. The maximum atomic E-state index is 11.1. The molecule has 0 aliphatic carbocycles. The number of pyridine rings is 2. The van der Waals surface area contributed by atoms with Gasteiger partial charge in [-0.25, -0.2) is 19.4 Å². The number of rotatable bonds is 4. The average molecular weight is 344 g/mol. The van der Waals surface area contributed by atoms with Gasteiger partial charge in [-0.2, -0.15) is 5.10 Å². The summed E-state index contributed by atoms with van der Waals surface area (Å²) in [5, 5.41) is 13.1. The minimum atomic E-state index is -1.10. The van der Waals surface area contributed by atoms with E-state index < -0.39 is 5.97 Å². The normalized spacial score (nSPS) is 10.6. The van der Waals surface area contributed by atoms with Crippen molar-refractivity contribution in [2.75, 3.05) is 0 Å². The Hall–Kier alpha value is -3.94. The first-order valence-corrected chi connectivity index (χ1v) is 7.70. The van der Waals surface area contributed by atoms with Crippen LogP contribution in [-0.4, -0.2) is 40.8 Å². The van der Waals surface area contributed by atoms with Crippen LogP contribution in [0.5, 0.6) is 0 Å². The largest absolute Gasteiger partial charge is 0.476 e. The maximum Gasteiger partial charge on any atom is 0.356 e. The molecule has 26 heavy (non-hydrogen) atoms. The van der Waals surface area contributed by atoms with Crippen molar-refractivity contribution in [1.82, 2.24) is 29.7 Å². The molecule has 0 aliphatic rings. The molecule has 4 rings (SSSR count). The molecule has 0 saturated heterocycles. The van der Waals surface area contributed by atoms with Gasteiger partial charge in [0.2, 0.25) is 0 Å². The Labute approximate surface area is 147 Å². The van der Waals surface area contributed by atoms with Crippen molar-refractivity contribution in [2.24, 2.45) is 0 Å². The third kappa shape index (κ3) is 3.03. The number of carboxylic acid groups (broad SMARTS) is 1. The minimum Gasteiger partial charge on any atom is -0.476 e. The summed E-state index contributed by atoms with van der Waals surface area (Å²) in [6.07, 6.45) is 8.24. The first-order valence-electron chi connectivity index (χ1n) is 7.70. The topological polar surface area (TPSA) is 107 Å². The summed E-state index contributed by atoms with van der Waals surface area (Å²) in [7, 11) is 0. The summed E-state index contributed by atoms with van der Waals surface area (Å²) in [5.41, 5.74) is 2.22. The van der Waals surface area contributed by atoms with Gasteiger partial charge in [0.25, 0.3) is 0 Å². The van der Waals surface area contributed by atoms with Gasteiger partial charge in [-0.3, -0.25) is 9.97 Å². The second kappa shape index (κ2) is 6.52. The van der Waals surface area contributed by atoms with Crippen molar-refractivity contribution in [3.63, 3.8) is 0 Å². The standard InChI is InChI=1S/C18H12N6O2/c25-18(26)14-5-9-24(23-14)16-10-15(12-3-7-19-8-4-12)21-17(22-16)13-2-1-6-20-11-13/h1-11H,(H,25,26). The number of carbonyl (C=O) groups is 1. The second-order valence-corrected chi connectivity index (χ2v) is 5.36. The first kappa shape index (κ1) is 15.6. The van der Waals surface area contributed by atoms with Crippen molar-refractivity contribution in [2.45, 2.75) is 0 Å². The maximum absolute atomic E-state index is 11.1. The predicted molar refractivity (Wildman–Crippen MR) is 92.6 cm³/mol. The lowest BCUT2D eigenvalue weighted by molar-refractivity contribution is 0.0690. The molecule has 8 heteroatoms. The number of hydrogen-bond donors (Lipinski definition) is 1. The van der Waals surface area contributed by atoms with E-state index in [1.807, 2.05) is 18.2 Å². The molecular weight excluding hydrogens is 332 g/mol. The van der Waals surface area contributed by atoms with E-state index in [1.54, 1.807) is 43.1 Å². The van der Waals surface area contributed by atoms with E-state index in [0.29, 0.717) is 17.3 Å². The van der Waals surface area contributed by atoms with E-state index in [-0.39, 0.29) is 5.69 Å². The van der Waals surface area contributed by atoms with Gasteiger partial charge >= 0.3 is 5.97 Å². The van der Waals surface area contributed by atoms with Gasteiger partial charge in [-0.15, -0.1) is 0 Å². The number of aromatic carboxylic acids is 1. The summed E-state index contributed by atoms with van der Waals surface area (Å²) >= 11 is 0. The van der Waals surface area contributed by atoms with Gasteiger partial charge in [-0.05, 0) is 30.3 Å². The van der Waals surface area contributed by atoms with Gasteiger partial charge in [-0.1, -0.05) is 0 Å². The van der Waals surface area contributed by atoms with Crippen LogP contribution in [0.25, 0.3) is 28.5 Å². The third-order valence-electron chi connectivity index (χ3n) is 3.65. The highest BCUT2D eigenvalue weighted by Gasteiger charge is 2.13. The molecule has 8 nitrogen and oxygen atoms in total. The highest BCUT2D eigenvalue weighted by atomic mass is 16.4. The Morgan fingerprint density at radius 2 is 1.81 bits per heavy atom. The van der Waals surface area contributed by atoms with Gasteiger partial charge < -0.3 is 5.11 Å². The fourth-order valence-corrected chi connectivity index (χ4v) is 2.41. The van der Waals surface area contributed by atoms with Crippen LogP contribution < -0.4 is 0 Å². The summed E-state index contributed by atoms with van der Waals surface area (Å²) < 4.78 is 1.41. The zero-order chi connectivity index (χ0) is 17.9. The zero-order valence-electron chi connectivity index (χ0n) is 13.4. The number of nitrogens with zero attached hydrogens (tertiary/aromatic N) is 6. The van der Waals surface area contributed by atoms with Crippen LogP contribution in [0.2, 0.25) is 0 Å². The van der Waals surface area contributed by atoms with E-state index in [1.165, 1.54) is 10.7 Å². The van der Waals surface area contributed by atoms with Crippen molar-refractivity contribution < 1.29 is 9.90 Å². The van der Waals surface area contributed by atoms with Crippen LogP contribution in [0, 0.1) is 0 Å². The predicted octanol–water partition coefficient (Wildman–Crippen LogP) is 2.48. The van der Waals surface area contributed by atoms with Crippen molar-refractivity contribution in [1.29, 1.82) is 0 Å². The van der Waals surface area contributed by atoms with E-state index >= 15 is 0 Å². The van der Waals surface area contributed by atoms with Gasteiger partial charge in [0.15, 0.2) is 17.3 Å². The Morgan fingerprint density at radius 3 is 2.50 bits per heavy atom. The van der Waals surface area contributed by atoms with Crippen LogP contribution in [0.15, 0.2) is 67.4 Å². The van der Waals surface area contributed by atoms with Crippen LogP contribution in [0.3, 0.4) is 0 Å². The van der Waals surface area contributed by atoms with Gasteiger partial charge in [0, 0.05) is 48.2 Å². The lowest BCUT2D eigenvalue weighted by Crippen LogP contribution is -2.05. The molecule has 4 aromatic rings. The Morgan fingerprint density at radius 1 is 0.962 bits per heavy atom. The highest BCUT2D eigenvalue weighted by molar-refractivity contribution is 5.85. The quantitative estimate of drug-likeness (QED) is 0.606. The Balaban J connectivity index is 1.89. The molecule has 1 N–H and O–H groups in total. The van der Waals surface area contributed by atoms with Crippen molar-refractivity contribution in [3.8, 4) is 28.5 Å². The van der Waals surface area contributed by atoms with E-state index in [4.69, 9.17) is 5.11 Å². The van der Waals surface area contributed by atoms with E-state index in [9.17, 15) is 4.79 Å². The van der Waals surface area contributed by atoms with E-state index in [2.05, 4.69) is 25.0 Å². The Kier molecular flexibility index (Phi) is 3.91. The van der Waals surface area contributed by atoms with E-state index in [0.717, 1.165) is 11.1 Å². The number of hydrogen-bond acceptors (Lipinski definition) is 6. The molecule has 0 aliphatic heterocycles. The molecule has 0 amide bonds. The molecule has 0 saturated carbocycles. The summed E-state index contributed by atoms with van der Waals surface area (Å²) in [5.74, 6) is -0.174. The lowest BCUT2D eigenvalue weighted by Gasteiger charge is -2.08. The molecule has 4 heterocycles. The van der Waals surface area contributed by atoms with Crippen molar-refractivity contribution >= 4 is 5.97 Å². The molecule has 0 spiro atoms. The van der Waals surface area contributed by atoms with Crippen LogP contribution in [0.4, 0.5) is 0 Å². The fourth-order valence-electron chi connectivity index (χ4n) is 2.41. The highest BCUT2D eigenvalue weighted by Crippen LogP contribution is 2.23. The Bertz CT molecular complexity index is 1010. The lowest BCUT2D eigenvalue weighted by atomic mass is 10.2. The fraction of sp³-hybridized carbons (Fsp3) is 0. The molecule has 0 unspecified atom stereocenters. The molecule has 126 valence electrons. The molecule has 0 atom stereocenters. The van der Waals surface area contributed by atoms with Gasteiger partial charge in [0.05, 0.1) is 5.69 Å².